The molecule has 1 aliphatic heterocycles. The Hall–Kier alpha value is -2.71. The number of hydrogen-bond acceptors (Lipinski definition) is 6. The van der Waals surface area contributed by atoms with Crippen molar-refractivity contribution < 1.29 is 17.6 Å². The minimum absolute atomic E-state index is 0.00148. The SMILES string of the molecule is COc1ccc(-c2nnc([C@H]3CCN(S(=O)(=O)Cc4ccccc4)C3)o2)cc1. The highest BCUT2D eigenvalue weighted by Gasteiger charge is 2.34. The monoisotopic (exact) mass is 399 g/mol. The van der Waals surface area contributed by atoms with Gasteiger partial charge in [-0.1, -0.05) is 30.3 Å². The van der Waals surface area contributed by atoms with Gasteiger partial charge < -0.3 is 9.15 Å². The molecule has 2 heterocycles. The van der Waals surface area contributed by atoms with E-state index in [9.17, 15) is 8.42 Å². The largest absolute Gasteiger partial charge is 0.497 e. The maximum absolute atomic E-state index is 12.7. The molecule has 1 atom stereocenters. The molecule has 8 heteroatoms. The van der Waals surface area contributed by atoms with Crippen molar-refractivity contribution in [2.24, 2.45) is 0 Å². The average Bonchev–Trinajstić information content (AvgIpc) is 3.38. The molecular formula is C20H21N3O4S. The summed E-state index contributed by atoms with van der Waals surface area (Å²) in [5, 5.41) is 8.26. The molecule has 28 heavy (non-hydrogen) atoms. The van der Waals surface area contributed by atoms with Crippen LogP contribution in [-0.4, -0.2) is 43.1 Å². The number of rotatable bonds is 6. The Morgan fingerprint density at radius 1 is 1.11 bits per heavy atom. The van der Waals surface area contributed by atoms with Gasteiger partial charge in [-0.2, -0.15) is 0 Å². The summed E-state index contributed by atoms with van der Waals surface area (Å²) >= 11 is 0. The molecule has 0 amide bonds. The quantitative estimate of drug-likeness (QED) is 0.633. The second kappa shape index (κ2) is 7.73. The lowest BCUT2D eigenvalue weighted by Crippen LogP contribution is -2.29. The van der Waals surface area contributed by atoms with Crippen molar-refractivity contribution in [2.75, 3.05) is 20.2 Å². The summed E-state index contributed by atoms with van der Waals surface area (Å²) in [6.07, 6.45) is 0.665. The van der Waals surface area contributed by atoms with E-state index in [1.165, 1.54) is 4.31 Å². The van der Waals surface area contributed by atoms with Crippen LogP contribution in [0, 0.1) is 0 Å². The van der Waals surface area contributed by atoms with Crippen molar-refractivity contribution in [3.63, 3.8) is 0 Å². The van der Waals surface area contributed by atoms with E-state index < -0.39 is 10.0 Å². The highest BCUT2D eigenvalue weighted by atomic mass is 32.2. The number of hydrogen-bond donors (Lipinski definition) is 0. The summed E-state index contributed by atoms with van der Waals surface area (Å²) in [6.45, 7) is 0.819. The van der Waals surface area contributed by atoms with Crippen molar-refractivity contribution in [1.29, 1.82) is 0 Å². The first-order valence-corrected chi connectivity index (χ1v) is 10.7. The summed E-state index contributed by atoms with van der Waals surface area (Å²) in [5.41, 5.74) is 1.58. The van der Waals surface area contributed by atoms with Gasteiger partial charge in [-0.3, -0.25) is 0 Å². The molecule has 1 aliphatic rings. The number of benzene rings is 2. The van der Waals surface area contributed by atoms with E-state index >= 15 is 0 Å². The summed E-state index contributed by atoms with van der Waals surface area (Å²) in [7, 11) is -1.77. The van der Waals surface area contributed by atoms with E-state index in [2.05, 4.69) is 10.2 Å². The van der Waals surface area contributed by atoms with Crippen molar-refractivity contribution in [1.82, 2.24) is 14.5 Å². The van der Waals surface area contributed by atoms with Crippen LogP contribution in [0.2, 0.25) is 0 Å². The van der Waals surface area contributed by atoms with Crippen LogP contribution in [0.4, 0.5) is 0 Å². The van der Waals surface area contributed by atoms with E-state index in [1.807, 2.05) is 54.6 Å². The van der Waals surface area contributed by atoms with Gasteiger partial charge in [-0.15, -0.1) is 10.2 Å². The lowest BCUT2D eigenvalue weighted by molar-refractivity contribution is 0.414. The molecule has 4 rings (SSSR count). The fourth-order valence-electron chi connectivity index (χ4n) is 3.31. The number of ether oxygens (including phenoxy) is 1. The average molecular weight is 399 g/mol. The first-order valence-electron chi connectivity index (χ1n) is 9.05. The zero-order valence-electron chi connectivity index (χ0n) is 15.5. The van der Waals surface area contributed by atoms with Crippen LogP contribution in [-0.2, 0) is 15.8 Å². The van der Waals surface area contributed by atoms with Crippen LogP contribution in [0.5, 0.6) is 5.75 Å². The van der Waals surface area contributed by atoms with Crippen molar-refractivity contribution in [3.05, 3.63) is 66.1 Å². The third kappa shape index (κ3) is 3.93. The van der Waals surface area contributed by atoms with Crippen molar-refractivity contribution in [3.8, 4) is 17.2 Å². The van der Waals surface area contributed by atoms with E-state index in [1.54, 1.807) is 7.11 Å². The fraction of sp³-hybridized carbons (Fsp3) is 0.300. The molecule has 0 saturated carbocycles. The van der Waals surface area contributed by atoms with Crippen LogP contribution < -0.4 is 4.74 Å². The Bertz CT molecular complexity index is 1030. The molecule has 0 N–H and O–H groups in total. The van der Waals surface area contributed by atoms with Gasteiger partial charge >= 0.3 is 0 Å². The lowest BCUT2D eigenvalue weighted by Gasteiger charge is -2.15. The normalized spacial score (nSPS) is 17.7. The third-order valence-electron chi connectivity index (χ3n) is 4.86. The topological polar surface area (TPSA) is 85.5 Å². The number of nitrogens with zero attached hydrogens (tertiary/aromatic N) is 3. The minimum Gasteiger partial charge on any atom is -0.497 e. The first kappa shape index (κ1) is 18.6. The van der Waals surface area contributed by atoms with Crippen molar-refractivity contribution >= 4 is 10.0 Å². The van der Waals surface area contributed by atoms with Crippen molar-refractivity contribution in [2.45, 2.75) is 18.1 Å². The number of sulfonamides is 1. The molecule has 0 aliphatic carbocycles. The highest BCUT2D eigenvalue weighted by molar-refractivity contribution is 7.88. The number of methoxy groups -OCH3 is 1. The minimum atomic E-state index is -3.38. The maximum atomic E-state index is 12.7. The third-order valence-corrected chi connectivity index (χ3v) is 6.68. The Morgan fingerprint density at radius 2 is 1.86 bits per heavy atom. The second-order valence-electron chi connectivity index (χ2n) is 6.76. The predicted octanol–water partition coefficient (Wildman–Crippen LogP) is 3.06. The fourth-order valence-corrected chi connectivity index (χ4v) is 4.90. The maximum Gasteiger partial charge on any atom is 0.247 e. The van der Waals surface area contributed by atoms with Gasteiger partial charge in [-0.25, -0.2) is 12.7 Å². The molecule has 0 radical (unpaired) electrons. The molecule has 7 nitrogen and oxygen atoms in total. The van der Waals surface area contributed by atoms with Crippen LogP contribution in [0.3, 0.4) is 0 Å². The Morgan fingerprint density at radius 3 is 2.57 bits per heavy atom. The van der Waals surface area contributed by atoms with Crippen LogP contribution in [0.25, 0.3) is 11.5 Å². The molecule has 1 saturated heterocycles. The Balaban J connectivity index is 1.45. The second-order valence-corrected chi connectivity index (χ2v) is 8.73. The molecule has 1 aromatic heterocycles. The Labute approximate surface area is 164 Å². The molecule has 0 spiro atoms. The molecular weight excluding hydrogens is 378 g/mol. The molecule has 146 valence electrons. The predicted molar refractivity (Wildman–Crippen MR) is 104 cm³/mol. The van der Waals surface area contributed by atoms with E-state index in [-0.39, 0.29) is 11.7 Å². The van der Waals surface area contributed by atoms with Gasteiger partial charge in [0, 0.05) is 18.7 Å². The Kier molecular flexibility index (Phi) is 5.15. The molecule has 3 aromatic rings. The zero-order chi connectivity index (χ0) is 19.6. The summed E-state index contributed by atoms with van der Waals surface area (Å²) in [5.74, 6) is 1.55. The summed E-state index contributed by atoms with van der Waals surface area (Å²) in [4.78, 5) is 0. The lowest BCUT2D eigenvalue weighted by atomic mass is 10.1. The molecule has 0 unspecified atom stereocenters. The van der Waals surface area contributed by atoms with Gasteiger partial charge in [0.1, 0.15) is 5.75 Å². The van der Waals surface area contributed by atoms with Gasteiger partial charge in [0.2, 0.25) is 21.8 Å². The molecule has 2 aromatic carbocycles. The standard InChI is InChI=1S/C20H21N3O4S/c1-26-18-9-7-16(8-10-18)19-21-22-20(27-19)17-11-12-23(13-17)28(24,25)14-15-5-3-2-4-6-15/h2-10,17H,11-14H2,1H3/t17-/m0/s1. The van der Waals surface area contributed by atoms with E-state index in [0.29, 0.717) is 31.3 Å². The smallest absolute Gasteiger partial charge is 0.247 e. The molecule has 1 fully saturated rings. The zero-order valence-corrected chi connectivity index (χ0v) is 16.3. The van der Waals surface area contributed by atoms with Gasteiger partial charge in [0.25, 0.3) is 0 Å². The summed E-state index contributed by atoms with van der Waals surface area (Å²) < 4.78 is 37.9. The molecule has 0 bridgehead atoms. The summed E-state index contributed by atoms with van der Waals surface area (Å²) in [6, 6.07) is 16.6. The first-order chi connectivity index (χ1) is 13.5. The van der Waals surface area contributed by atoms with E-state index in [4.69, 9.17) is 9.15 Å². The van der Waals surface area contributed by atoms with E-state index in [0.717, 1.165) is 16.9 Å². The van der Waals surface area contributed by atoms with Gasteiger partial charge in [-0.05, 0) is 36.2 Å². The van der Waals surface area contributed by atoms with Crippen LogP contribution in [0.15, 0.2) is 59.0 Å². The van der Waals surface area contributed by atoms with Gasteiger partial charge in [0.15, 0.2) is 0 Å². The van der Waals surface area contributed by atoms with Crippen LogP contribution >= 0.6 is 0 Å². The van der Waals surface area contributed by atoms with Crippen LogP contribution in [0.1, 0.15) is 23.8 Å². The number of aromatic nitrogens is 2. The van der Waals surface area contributed by atoms with Gasteiger partial charge in [0.05, 0.1) is 18.8 Å². The highest BCUT2D eigenvalue weighted by Crippen LogP contribution is 2.31.